The summed E-state index contributed by atoms with van der Waals surface area (Å²) in [4.78, 5) is 37.4. The molecule has 0 aromatic rings. The van der Waals surface area contributed by atoms with Gasteiger partial charge < -0.3 is 115 Å². The Morgan fingerprint density at radius 1 is 0.717 bits per heavy atom. The second-order valence-electron chi connectivity index (χ2n) is 14.7. The van der Waals surface area contributed by atoms with E-state index in [0.717, 1.165) is 21.0 Å². The smallest absolute Gasteiger partial charge is 0.364 e. The SMILES string of the molecule is CCOC1OC(CO)[C@H](O)C(O[C@@H]2OC(CO)[C@@H](OC3OC(CO)[C@H](O)C(O[C@]4(C(=O)O)CC(O)[C@@H](NC(C)=O)C(C(O)C(O)CO)O4)C3O)C(OC)C2NC(C)=O)C1O. The summed E-state index contributed by atoms with van der Waals surface area (Å²) in [5.74, 6) is -6.54. The molecule has 0 bridgehead atoms. The van der Waals surface area contributed by atoms with Gasteiger partial charge in [-0.05, 0) is 6.92 Å². The van der Waals surface area contributed by atoms with Gasteiger partial charge in [0.25, 0.3) is 5.79 Å². The van der Waals surface area contributed by atoms with E-state index in [1.165, 1.54) is 0 Å². The quantitative estimate of drug-likeness (QED) is 0.0608. The van der Waals surface area contributed by atoms with Gasteiger partial charge in [0, 0.05) is 34.0 Å². The minimum Gasteiger partial charge on any atom is -0.477 e. The van der Waals surface area contributed by atoms with Gasteiger partial charge in [-0.15, -0.1) is 0 Å². The van der Waals surface area contributed by atoms with Crippen LogP contribution in [0.4, 0.5) is 0 Å². The maximum atomic E-state index is 12.9. The fourth-order valence-corrected chi connectivity index (χ4v) is 7.60. The molecule has 0 spiro atoms. The maximum Gasteiger partial charge on any atom is 0.364 e. The molecular formula is C34H58N2O24. The normalized spacial score (nSPS) is 43.5. The van der Waals surface area contributed by atoms with E-state index in [9.17, 15) is 75.7 Å². The van der Waals surface area contributed by atoms with Crippen molar-refractivity contribution in [3.05, 3.63) is 0 Å². The minimum absolute atomic E-state index is 0.0490. The molecule has 2 amide bonds. The van der Waals surface area contributed by atoms with Crippen molar-refractivity contribution < 1.29 is 118 Å². The van der Waals surface area contributed by atoms with E-state index in [4.69, 9.17) is 42.6 Å². The first kappa shape index (κ1) is 50.3. The Bertz CT molecular complexity index is 1400. The fourth-order valence-electron chi connectivity index (χ4n) is 7.60. The number of hydrogen-bond donors (Lipinski definition) is 14. The number of aliphatic hydroxyl groups excluding tert-OH is 11. The molecule has 15 unspecified atom stereocenters. The topological polar surface area (TPSA) is 401 Å². The summed E-state index contributed by atoms with van der Waals surface area (Å²) in [6.45, 7) is 0.0735. The molecule has 21 atom stereocenters. The molecule has 4 aliphatic rings. The number of carboxylic acid groups (broad SMARTS) is 1. The third-order valence-electron chi connectivity index (χ3n) is 10.5. The van der Waals surface area contributed by atoms with Crippen molar-refractivity contribution in [2.24, 2.45) is 0 Å². The Kier molecular flexibility index (Phi) is 18.3. The van der Waals surface area contributed by atoms with E-state index in [2.05, 4.69) is 10.6 Å². The number of ether oxygens (including phenoxy) is 9. The number of amides is 2. The third kappa shape index (κ3) is 10.9. The fraction of sp³-hybridized carbons (Fsp3) is 0.912. The molecule has 348 valence electrons. The second kappa shape index (κ2) is 21.8. The van der Waals surface area contributed by atoms with Crippen LogP contribution in [0.1, 0.15) is 27.2 Å². The van der Waals surface area contributed by atoms with Crippen molar-refractivity contribution in [2.75, 3.05) is 40.1 Å². The van der Waals surface area contributed by atoms with Crippen LogP contribution in [0.25, 0.3) is 0 Å². The number of aliphatic carboxylic acids is 1. The zero-order chi connectivity index (χ0) is 44.8. The Balaban J connectivity index is 1.66. The first-order chi connectivity index (χ1) is 28.3. The van der Waals surface area contributed by atoms with Gasteiger partial charge >= 0.3 is 5.97 Å². The Morgan fingerprint density at radius 3 is 1.75 bits per heavy atom. The van der Waals surface area contributed by atoms with Gasteiger partial charge in [-0.1, -0.05) is 0 Å². The van der Waals surface area contributed by atoms with Crippen molar-refractivity contribution in [3.63, 3.8) is 0 Å². The molecule has 4 heterocycles. The summed E-state index contributed by atoms with van der Waals surface area (Å²) in [7, 11) is 1.15. The van der Waals surface area contributed by atoms with Crippen molar-refractivity contribution in [1.82, 2.24) is 10.6 Å². The van der Waals surface area contributed by atoms with Crippen LogP contribution in [0.2, 0.25) is 0 Å². The summed E-state index contributed by atoms with van der Waals surface area (Å²) in [6.07, 6.45) is -33.2. The molecule has 4 saturated heterocycles. The molecular weight excluding hydrogens is 820 g/mol. The summed E-state index contributed by atoms with van der Waals surface area (Å²) < 4.78 is 51.5. The van der Waals surface area contributed by atoms with E-state index < -0.39 is 179 Å². The van der Waals surface area contributed by atoms with Crippen molar-refractivity contribution in [1.29, 1.82) is 0 Å². The average molecular weight is 879 g/mol. The van der Waals surface area contributed by atoms with E-state index in [0.29, 0.717) is 0 Å². The molecule has 14 N–H and O–H groups in total. The highest BCUT2D eigenvalue weighted by Crippen LogP contribution is 2.39. The standard InChI is InChI=1S/C34H58N2O24/c1-5-53-31-23(48)28(21(46)15(8-38)54-31)58-30-19(36-12(3)42)27(52-4)25(17(10-40)56-30)57-32-24(49)29(22(47)16(9-39)55-32)60-34(33(50)51)6-13(43)18(35-11(2)41)26(59-34)20(45)14(44)7-37/h13-32,37-40,43-49H,5-10H2,1-4H3,(H,35,41)(H,36,42)(H,50,51)/t13?,14?,15?,16?,17?,18-,19?,20?,21+,22+,23?,24?,25-,26?,27?,28?,29?,30+,31?,32?,34+/m1/s1. The monoisotopic (exact) mass is 878 g/mol. The van der Waals surface area contributed by atoms with Crippen LogP contribution in [0.5, 0.6) is 0 Å². The summed E-state index contributed by atoms with van der Waals surface area (Å²) >= 11 is 0. The second-order valence-corrected chi connectivity index (χ2v) is 14.7. The zero-order valence-electron chi connectivity index (χ0n) is 33.1. The molecule has 0 saturated carbocycles. The van der Waals surface area contributed by atoms with Crippen molar-refractivity contribution in [2.45, 2.75) is 155 Å². The highest BCUT2D eigenvalue weighted by molar-refractivity contribution is 5.76. The molecule has 60 heavy (non-hydrogen) atoms. The lowest BCUT2D eigenvalue weighted by molar-refractivity contribution is -0.387. The largest absolute Gasteiger partial charge is 0.477 e. The van der Waals surface area contributed by atoms with Gasteiger partial charge in [0.15, 0.2) is 18.9 Å². The van der Waals surface area contributed by atoms with Crippen LogP contribution >= 0.6 is 0 Å². The molecule has 26 heteroatoms. The average Bonchev–Trinajstić information content (AvgIpc) is 3.20. The first-order valence-electron chi connectivity index (χ1n) is 19.1. The number of aliphatic hydroxyl groups is 11. The minimum atomic E-state index is -3.09. The summed E-state index contributed by atoms with van der Waals surface area (Å²) in [6, 6.07) is -3.01. The van der Waals surface area contributed by atoms with Crippen LogP contribution in [-0.2, 0) is 57.0 Å². The molecule has 0 radical (unpaired) electrons. The van der Waals surface area contributed by atoms with Crippen LogP contribution in [0.15, 0.2) is 0 Å². The number of carboxylic acids is 1. The predicted octanol–water partition coefficient (Wildman–Crippen LogP) is -8.56. The van der Waals surface area contributed by atoms with Crippen molar-refractivity contribution >= 4 is 17.8 Å². The highest BCUT2D eigenvalue weighted by atomic mass is 16.8. The van der Waals surface area contributed by atoms with Crippen LogP contribution in [-0.4, -0.2) is 248 Å². The number of methoxy groups -OCH3 is 1. The van der Waals surface area contributed by atoms with Crippen LogP contribution < -0.4 is 10.6 Å². The zero-order valence-corrected chi connectivity index (χ0v) is 33.1. The van der Waals surface area contributed by atoms with Gasteiger partial charge in [-0.2, -0.15) is 0 Å². The first-order valence-corrected chi connectivity index (χ1v) is 19.1. The molecule has 0 aromatic carbocycles. The third-order valence-corrected chi connectivity index (χ3v) is 10.5. The molecule has 0 aliphatic carbocycles. The number of hydrogen-bond acceptors (Lipinski definition) is 23. The molecule has 4 fully saturated rings. The van der Waals surface area contributed by atoms with E-state index >= 15 is 0 Å². The number of nitrogens with one attached hydrogen (secondary N) is 2. The van der Waals surface area contributed by atoms with E-state index in [1.54, 1.807) is 6.92 Å². The molecule has 26 nitrogen and oxygen atoms in total. The molecule has 4 rings (SSSR count). The van der Waals surface area contributed by atoms with Crippen molar-refractivity contribution in [3.8, 4) is 0 Å². The van der Waals surface area contributed by atoms with E-state index in [-0.39, 0.29) is 6.61 Å². The van der Waals surface area contributed by atoms with Crippen LogP contribution in [0.3, 0.4) is 0 Å². The lowest BCUT2D eigenvalue weighted by Crippen LogP contribution is -2.71. The Hall–Kier alpha value is -2.39. The lowest BCUT2D eigenvalue weighted by atomic mass is 9.88. The lowest BCUT2D eigenvalue weighted by Gasteiger charge is -2.51. The van der Waals surface area contributed by atoms with Gasteiger partial charge in [0.2, 0.25) is 11.8 Å². The summed E-state index contributed by atoms with van der Waals surface area (Å²) in [5.41, 5.74) is 0. The highest BCUT2D eigenvalue weighted by Gasteiger charge is 2.60. The predicted molar refractivity (Wildman–Crippen MR) is 188 cm³/mol. The maximum absolute atomic E-state index is 12.9. The van der Waals surface area contributed by atoms with Gasteiger partial charge in [0.1, 0.15) is 91.5 Å². The van der Waals surface area contributed by atoms with Crippen LogP contribution in [0, 0.1) is 0 Å². The number of rotatable bonds is 18. The Labute approximate surface area is 342 Å². The Morgan fingerprint density at radius 2 is 1.23 bits per heavy atom. The van der Waals surface area contributed by atoms with Gasteiger partial charge in [0.05, 0.1) is 38.6 Å². The molecule has 4 aliphatic heterocycles. The molecule has 0 aromatic heterocycles. The number of carbonyl (C=O) groups excluding carboxylic acids is 2. The summed E-state index contributed by atoms with van der Waals surface area (Å²) in [5, 5.41) is 132. The van der Waals surface area contributed by atoms with E-state index in [1.807, 2.05) is 0 Å². The number of carbonyl (C=O) groups is 3. The van der Waals surface area contributed by atoms with Gasteiger partial charge in [-0.25, -0.2) is 4.79 Å². The van der Waals surface area contributed by atoms with Gasteiger partial charge in [-0.3, -0.25) is 9.59 Å².